The van der Waals surface area contributed by atoms with E-state index in [0.29, 0.717) is 12.2 Å². The van der Waals surface area contributed by atoms with Gasteiger partial charge in [0.05, 0.1) is 0 Å². The van der Waals surface area contributed by atoms with Crippen LogP contribution in [0.25, 0.3) is 5.57 Å². The molecule has 1 aromatic carbocycles. The maximum atomic E-state index is 10.0. The highest BCUT2D eigenvalue weighted by atomic mass is 16.6. The average Bonchev–Trinajstić information content (AvgIpc) is 2.56. The van der Waals surface area contributed by atoms with Crippen molar-refractivity contribution in [1.82, 2.24) is 0 Å². The molecule has 4 nitrogen and oxygen atoms in total. The Balaban J connectivity index is 2.73. The molecule has 0 atom stereocenters. The van der Waals surface area contributed by atoms with E-state index in [0.717, 1.165) is 35.3 Å². The molecular formula is C16H22N2O2. The van der Waals surface area contributed by atoms with Gasteiger partial charge in [0.1, 0.15) is 17.2 Å². The van der Waals surface area contributed by atoms with Crippen molar-refractivity contribution in [2.24, 2.45) is 5.73 Å². The minimum Gasteiger partial charge on any atom is -0.506 e. The standard InChI is InChI=1S/C16H22N2O2/c1-4-12(8-9-17)15-10(2)11(3)20-18-16-13(15)6-5-7-14(16)19/h5-7,18-19H,4,8-9,17H2,1-3H3/b15-12-. The van der Waals surface area contributed by atoms with E-state index in [1.165, 1.54) is 5.57 Å². The van der Waals surface area contributed by atoms with Crippen LogP contribution < -0.4 is 11.2 Å². The fraction of sp³-hybridized carbons (Fsp3) is 0.375. The van der Waals surface area contributed by atoms with Crippen LogP contribution in [-0.4, -0.2) is 11.7 Å². The summed E-state index contributed by atoms with van der Waals surface area (Å²) in [6, 6.07) is 5.49. The topological polar surface area (TPSA) is 67.5 Å². The van der Waals surface area contributed by atoms with Crippen molar-refractivity contribution in [3.05, 3.63) is 40.7 Å². The predicted octanol–water partition coefficient (Wildman–Crippen LogP) is 3.56. The number of allylic oxidation sites excluding steroid dienone is 3. The molecule has 0 saturated heterocycles. The van der Waals surface area contributed by atoms with E-state index in [2.05, 4.69) is 12.4 Å². The zero-order chi connectivity index (χ0) is 14.7. The second-order valence-corrected chi connectivity index (χ2v) is 4.96. The first-order valence-electron chi connectivity index (χ1n) is 6.95. The molecule has 108 valence electrons. The number of benzene rings is 1. The Kier molecular flexibility index (Phi) is 4.35. The summed E-state index contributed by atoms with van der Waals surface area (Å²) in [7, 11) is 0. The molecule has 20 heavy (non-hydrogen) atoms. The molecule has 0 bridgehead atoms. The molecule has 1 aromatic rings. The number of hydrogen-bond donors (Lipinski definition) is 3. The first kappa shape index (κ1) is 14.5. The Labute approximate surface area is 119 Å². The highest BCUT2D eigenvalue weighted by Gasteiger charge is 2.21. The number of nitrogens with two attached hydrogens (primary N) is 1. The summed E-state index contributed by atoms with van der Waals surface area (Å²) in [6.07, 6.45) is 1.76. The zero-order valence-electron chi connectivity index (χ0n) is 12.3. The molecule has 0 aromatic heterocycles. The van der Waals surface area contributed by atoms with Crippen molar-refractivity contribution >= 4 is 11.3 Å². The third kappa shape index (κ3) is 2.51. The van der Waals surface area contributed by atoms with E-state index in [4.69, 9.17) is 10.6 Å². The molecule has 0 unspecified atom stereocenters. The van der Waals surface area contributed by atoms with Crippen LogP contribution in [0.3, 0.4) is 0 Å². The molecule has 4 heteroatoms. The monoisotopic (exact) mass is 274 g/mol. The van der Waals surface area contributed by atoms with Crippen molar-refractivity contribution in [1.29, 1.82) is 0 Å². The highest BCUT2D eigenvalue weighted by molar-refractivity contribution is 5.89. The molecule has 0 spiro atoms. The first-order valence-corrected chi connectivity index (χ1v) is 6.95. The van der Waals surface area contributed by atoms with Crippen molar-refractivity contribution in [3.63, 3.8) is 0 Å². The fourth-order valence-electron chi connectivity index (χ4n) is 2.55. The highest BCUT2D eigenvalue weighted by Crippen LogP contribution is 2.41. The average molecular weight is 274 g/mol. The molecule has 0 saturated carbocycles. The van der Waals surface area contributed by atoms with E-state index in [1.807, 2.05) is 26.0 Å². The molecule has 2 rings (SSSR count). The predicted molar refractivity (Wildman–Crippen MR) is 82.1 cm³/mol. The SMILES string of the molecule is CC/C(CCN)=C1\C(C)=C(C)ONc2c(O)cccc21. The van der Waals surface area contributed by atoms with E-state index < -0.39 is 0 Å². The number of phenolic OH excluding ortho intramolecular Hbond substituents is 1. The summed E-state index contributed by atoms with van der Waals surface area (Å²) in [4.78, 5) is 5.53. The number of rotatable bonds is 3. The maximum absolute atomic E-state index is 10.0. The summed E-state index contributed by atoms with van der Waals surface area (Å²) in [5.41, 5.74) is 13.6. The molecule has 1 aliphatic rings. The summed E-state index contributed by atoms with van der Waals surface area (Å²) < 4.78 is 0. The number of hydrogen-bond acceptors (Lipinski definition) is 4. The lowest BCUT2D eigenvalue weighted by Crippen LogP contribution is -2.03. The van der Waals surface area contributed by atoms with Crippen LogP contribution in [0.1, 0.15) is 39.2 Å². The number of phenols is 1. The van der Waals surface area contributed by atoms with Crippen LogP contribution in [0.15, 0.2) is 35.1 Å². The van der Waals surface area contributed by atoms with Crippen LogP contribution in [0.2, 0.25) is 0 Å². The Morgan fingerprint density at radius 1 is 1.35 bits per heavy atom. The molecule has 0 fully saturated rings. The van der Waals surface area contributed by atoms with Gasteiger partial charge in [-0.2, -0.15) is 0 Å². The summed E-state index contributed by atoms with van der Waals surface area (Å²) in [5.74, 6) is 0.990. The Hall–Kier alpha value is -1.94. The van der Waals surface area contributed by atoms with Gasteiger partial charge in [-0.1, -0.05) is 24.6 Å². The van der Waals surface area contributed by atoms with Gasteiger partial charge < -0.3 is 15.7 Å². The quantitative estimate of drug-likeness (QED) is 0.737. The van der Waals surface area contributed by atoms with Crippen molar-refractivity contribution in [3.8, 4) is 5.75 Å². The third-order valence-electron chi connectivity index (χ3n) is 3.75. The number of para-hydroxylation sites is 1. The molecule has 0 amide bonds. The Morgan fingerprint density at radius 2 is 2.10 bits per heavy atom. The van der Waals surface area contributed by atoms with Gasteiger partial charge in [-0.15, -0.1) is 0 Å². The third-order valence-corrected chi connectivity index (χ3v) is 3.75. The smallest absolute Gasteiger partial charge is 0.142 e. The van der Waals surface area contributed by atoms with Gasteiger partial charge in [-0.05, 0) is 50.4 Å². The van der Waals surface area contributed by atoms with Crippen LogP contribution in [0.4, 0.5) is 5.69 Å². The number of aromatic hydroxyl groups is 1. The number of nitrogens with one attached hydrogen (secondary N) is 1. The molecule has 0 aliphatic carbocycles. The fourth-order valence-corrected chi connectivity index (χ4v) is 2.55. The van der Waals surface area contributed by atoms with E-state index in [1.54, 1.807) is 6.07 Å². The number of fused-ring (bicyclic) bond motifs is 1. The Bertz CT molecular complexity index is 574. The van der Waals surface area contributed by atoms with Crippen molar-refractivity contribution in [2.45, 2.75) is 33.6 Å². The van der Waals surface area contributed by atoms with E-state index in [9.17, 15) is 5.11 Å². The normalized spacial score (nSPS) is 17.0. The second kappa shape index (κ2) is 6.01. The summed E-state index contributed by atoms with van der Waals surface area (Å²) >= 11 is 0. The van der Waals surface area contributed by atoms with Gasteiger partial charge in [0, 0.05) is 5.56 Å². The minimum atomic E-state index is 0.186. The first-order chi connectivity index (χ1) is 9.60. The largest absolute Gasteiger partial charge is 0.506 e. The minimum absolute atomic E-state index is 0.186. The maximum Gasteiger partial charge on any atom is 0.142 e. The van der Waals surface area contributed by atoms with Gasteiger partial charge >= 0.3 is 0 Å². The summed E-state index contributed by atoms with van der Waals surface area (Å²) in [5, 5.41) is 10.0. The molecule has 1 aliphatic heterocycles. The second-order valence-electron chi connectivity index (χ2n) is 4.96. The van der Waals surface area contributed by atoms with Crippen molar-refractivity contribution in [2.75, 3.05) is 12.0 Å². The zero-order valence-corrected chi connectivity index (χ0v) is 12.3. The Morgan fingerprint density at radius 3 is 2.75 bits per heavy atom. The van der Waals surface area contributed by atoms with Gasteiger partial charge in [0.25, 0.3) is 0 Å². The van der Waals surface area contributed by atoms with Gasteiger partial charge in [-0.3, -0.25) is 0 Å². The van der Waals surface area contributed by atoms with Gasteiger partial charge in [0.15, 0.2) is 0 Å². The molecule has 1 heterocycles. The van der Waals surface area contributed by atoms with Crippen LogP contribution >= 0.6 is 0 Å². The molecular weight excluding hydrogens is 252 g/mol. The van der Waals surface area contributed by atoms with Crippen LogP contribution in [0.5, 0.6) is 5.75 Å². The molecule has 0 radical (unpaired) electrons. The van der Waals surface area contributed by atoms with Crippen molar-refractivity contribution < 1.29 is 9.94 Å². The lowest BCUT2D eigenvalue weighted by Gasteiger charge is -2.16. The van der Waals surface area contributed by atoms with Crippen LogP contribution in [-0.2, 0) is 4.84 Å². The van der Waals surface area contributed by atoms with E-state index in [-0.39, 0.29) is 5.75 Å². The lowest BCUT2D eigenvalue weighted by molar-refractivity contribution is 0.283. The molecule has 4 N–H and O–H groups in total. The van der Waals surface area contributed by atoms with E-state index >= 15 is 0 Å². The van der Waals surface area contributed by atoms with Crippen LogP contribution in [0, 0.1) is 0 Å². The number of anilines is 1. The summed E-state index contributed by atoms with van der Waals surface area (Å²) in [6.45, 7) is 6.70. The lowest BCUT2D eigenvalue weighted by atomic mass is 9.89. The van der Waals surface area contributed by atoms with Gasteiger partial charge in [0.2, 0.25) is 0 Å². The van der Waals surface area contributed by atoms with Gasteiger partial charge in [-0.25, -0.2) is 5.48 Å².